The first-order valence-electron chi connectivity index (χ1n) is 5.39. The Bertz CT molecular complexity index is 621. The molecule has 2 aromatic carbocycles. The van der Waals surface area contributed by atoms with E-state index < -0.39 is 4.92 Å². The van der Waals surface area contributed by atoms with Gasteiger partial charge in [-0.05, 0) is 23.8 Å². The van der Waals surface area contributed by atoms with Gasteiger partial charge in [-0.3, -0.25) is 10.1 Å². The van der Waals surface area contributed by atoms with Crippen molar-refractivity contribution in [2.45, 2.75) is 0 Å². The van der Waals surface area contributed by atoms with Gasteiger partial charge in [0.25, 0.3) is 5.69 Å². The van der Waals surface area contributed by atoms with Gasteiger partial charge in [0, 0.05) is 17.3 Å². The molecule has 0 spiro atoms. The van der Waals surface area contributed by atoms with Crippen LogP contribution in [0.3, 0.4) is 0 Å². The number of nitrogens with zero attached hydrogens (tertiary/aromatic N) is 1. The fourth-order valence-corrected chi connectivity index (χ4v) is 1.81. The molecule has 0 bridgehead atoms. The number of nitrogen functional groups attached to an aromatic ring is 1. The summed E-state index contributed by atoms with van der Waals surface area (Å²) in [6, 6.07) is 12.3. The highest BCUT2D eigenvalue weighted by Gasteiger charge is 2.12. The molecule has 0 aliphatic carbocycles. The lowest BCUT2D eigenvalue weighted by Crippen LogP contribution is -1.93. The second-order valence-electron chi connectivity index (χ2n) is 3.82. The number of para-hydroxylation sites is 1. The quantitative estimate of drug-likeness (QED) is 0.507. The fourth-order valence-electron chi connectivity index (χ4n) is 1.81. The smallest absolute Gasteiger partial charge is 0.276 e. The van der Waals surface area contributed by atoms with Crippen molar-refractivity contribution < 1.29 is 4.92 Å². The summed E-state index contributed by atoms with van der Waals surface area (Å²) in [5.74, 6) is 0. The minimum Gasteiger partial charge on any atom is -0.398 e. The first-order valence-corrected chi connectivity index (χ1v) is 5.39. The number of hydrogen-bond acceptors (Lipinski definition) is 3. The Labute approximate surface area is 105 Å². The van der Waals surface area contributed by atoms with Crippen molar-refractivity contribution in [2.24, 2.45) is 0 Å². The monoisotopic (exact) mass is 240 g/mol. The van der Waals surface area contributed by atoms with Gasteiger partial charge in [0.1, 0.15) is 0 Å². The van der Waals surface area contributed by atoms with Crippen LogP contribution in [0.4, 0.5) is 11.4 Å². The average Bonchev–Trinajstić information content (AvgIpc) is 2.38. The molecule has 2 aromatic rings. The molecule has 0 aliphatic heterocycles. The van der Waals surface area contributed by atoms with E-state index in [1.807, 2.05) is 18.2 Å². The molecular weight excluding hydrogens is 228 g/mol. The predicted molar refractivity (Wildman–Crippen MR) is 73.0 cm³/mol. The van der Waals surface area contributed by atoms with Gasteiger partial charge < -0.3 is 5.73 Å². The molecule has 18 heavy (non-hydrogen) atoms. The summed E-state index contributed by atoms with van der Waals surface area (Å²) in [6.45, 7) is 3.60. The Morgan fingerprint density at radius 2 is 1.94 bits per heavy atom. The first kappa shape index (κ1) is 11.9. The molecule has 0 aliphatic rings. The van der Waals surface area contributed by atoms with Gasteiger partial charge in [0.2, 0.25) is 0 Å². The molecule has 2 N–H and O–H groups in total. The van der Waals surface area contributed by atoms with Crippen molar-refractivity contribution in [1.29, 1.82) is 0 Å². The van der Waals surface area contributed by atoms with Crippen LogP contribution in [0, 0.1) is 10.1 Å². The second kappa shape index (κ2) is 4.71. The van der Waals surface area contributed by atoms with E-state index in [0.717, 1.165) is 11.1 Å². The van der Waals surface area contributed by atoms with Crippen LogP contribution in [-0.4, -0.2) is 4.92 Å². The largest absolute Gasteiger partial charge is 0.398 e. The van der Waals surface area contributed by atoms with Crippen LogP contribution in [0.25, 0.3) is 17.2 Å². The normalized spacial score (nSPS) is 10.0. The van der Waals surface area contributed by atoms with Gasteiger partial charge in [-0.15, -0.1) is 0 Å². The van der Waals surface area contributed by atoms with Crippen LogP contribution >= 0.6 is 0 Å². The number of nitrogens with two attached hydrogens (primary N) is 1. The summed E-state index contributed by atoms with van der Waals surface area (Å²) >= 11 is 0. The molecule has 4 nitrogen and oxygen atoms in total. The van der Waals surface area contributed by atoms with E-state index in [1.165, 1.54) is 12.1 Å². The molecule has 0 amide bonds. The van der Waals surface area contributed by atoms with Crippen molar-refractivity contribution in [3.63, 3.8) is 0 Å². The summed E-state index contributed by atoms with van der Waals surface area (Å²) in [4.78, 5) is 10.4. The maximum atomic E-state index is 10.8. The average molecular weight is 240 g/mol. The number of nitro groups is 1. The highest BCUT2D eigenvalue weighted by atomic mass is 16.6. The summed E-state index contributed by atoms with van der Waals surface area (Å²) in [6.07, 6.45) is 1.47. The topological polar surface area (TPSA) is 69.2 Å². The van der Waals surface area contributed by atoms with Crippen molar-refractivity contribution >= 4 is 17.5 Å². The Kier molecular flexibility index (Phi) is 3.10. The molecule has 4 heteroatoms. The van der Waals surface area contributed by atoms with E-state index in [0.29, 0.717) is 11.3 Å². The maximum Gasteiger partial charge on any atom is 0.276 e. The fraction of sp³-hybridized carbons (Fsp3) is 0. The summed E-state index contributed by atoms with van der Waals surface area (Å²) in [5, 5.41) is 10.8. The summed E-state index contributed by atoms with van der Waals surface area (Å²) in [5.41, 5.74) is 8.75. The number of hydrogen-bond donors (Lipinski definition) is 1. The summed E-state index contributed by atoms with van der Waals surface area (Å²) in [7, 11) is 0. The number of benzene rings is 2. The van der Waals surface area contributed by atoms with Crippen molar-refractivity contribution in [2.75, 3.05) is 5.73 Å². The van der Waals surface area contributed by atoms with E-state index in [1.54, 1.807) is 18.2 Å². The minimum atomic E-state index is -0.421. The van der Waals surface area contributed by atoms with Crippen LogP contribution in [0.1, 0.15) is 5.56 Å². The number of rotatable bonds is 3. The standard InChI is InChI=1S/C14H12N2O2/c1-2-10-9-11(7-8-14(10)16(17)18)12-5-3-4-6-13(12)15/h2-9H,1,15H2. The zero-order valence-electron chi connectivity index (χ0n) is 9.67. The highest BCUT2D eigenvalue weighted by Crippen LogP contribution is 2.30. The SMILES string of the molecule is C=Cc1cc(-c2ccccc2N)ccc1[N+](=O)[O-]. The van der Waals surface area contributed by atoms with Gasteiger partial charge in [-0.2, -0.15) is 0 Å². The van der Waals surface area contributed by atoms with Gasteiger partial charge >= 0.3 is 0 Å². The van der Waals surface area contributed by atoms with Gasteiger partial charge in [0.05, 0.1) is 10.5 Å². The van der Waals surface area contributed by atoms with Crippen LogP contribution in [0.5, 0.6) is 0 Å². The lowest BCUT2D eigenvalue weighted by Gasteiger charge is -2.06. The molecule has 0 unspecified atom stereocenters. The molecule has 90 valence electrons. The predicted octanol–water partition coefficient (Wildman–Crippen LogP) is 3.49. The third-order valence-corrected chi connectivity index (χ3v) is 2.72. The molecule has 2 rings (SSSR count). The van der Waals surface area contributed by atoms with Gasteiger partial charge in [0.15, 0.2) is 0 Å². The van der Waals surface area contributed by atoms with Crippen LogP contribution < -0.4 is 5.73 Å². The maximum absolute atomic E-state index is 10.8. The van der Waals surface area contributed by atoms with Crippen LogP contribution in [0.15, 0.2) is 49.0 Å². The Balaban J connectivity index is 2.58. The molecule has 0 heterocycles. The summed E-state index contributed by atoms with van der Waals surface area (Å²) < 4.78 is 0. The second-order valence-corrected chi connectivity index (χ2v) is 3.82. The lowest BCUT2D eigenvalue weighted by molar-refractivity contribution is -0.385. The molecule has 0 fully saturated rings. The van der Waals surface area contributed by atoms with E-state index in [-0.39, 0.29) is 5.69 Å². The number of nitro benzene ring substituents is 1. The lowest BCUT2D eigenvalue weighted by atomic mass is 10.0. The van der Waals surface area contributed by atoms with E-state index in [2.05, 4.69) is 6.58 Å². The van der Waals surface area contributed by atoms with E-state index in [4.69, 9.17) is 5.73 Å². The zero-order valence-corrected chi connectivity index (χ0v) is 9.67. The van der Waals surface area contributed by atoms with Crippen molar-refractivity contribution in [1.82, 2.24) is 0 Å². The highest BCUT2D eigenvalue weighted by molar-refractivity contribution is 5.79. The van der Waals surface area contributed by atoms with Crippen molar-refractivity contribution in [3.05, 3.63) is 64.7 Å². The molecule has 0 radical (unpaired) electrons. The zero-order chi connectivity index (χ0) is 13.1. The van der Waals surface area contributed by atoms with Crippen LogP contribution in [0.2, 0.25) is 0 Å². The molecule has 0 aromatic heterocycles. The van der Waals surface area contributed by atoms with Gasteiger partial charge in [-0.1, -0.05) is 30.9 Å². The minimum absolute atomic E-state index is 0.0447. The molecular formula is C14H12N2O2. The Hall–Kier alpha value is -2.62. The van der Waals surface area contributed by atoms with E-state index >= 15 is 0 Å². The molecule has 0 saturated heterocycles. The van der Waals surface area contributed by atoms with E-state index in [9.17, 15) is 10.1 Å². The number of anilines is 1. The van der Waals surface area contributed by atoms with Gasteiger partial charge in [-0.25, -0.2) is 0 Å². The van der Waals surface area contributed by atoms with Crippen LogP contribution in [-0.2, 0) is 0 Å². The first-order chi connectivity index (χ1) is 8.63. The third kappa shape index (κ3) is 2.08. The Morgan fingerprint density at radius 3 is 2.56 bits per heavy atom. The third-order valence-electron chi connectivity index (χ3n) is 2.72. The molecule has 0 atom stereocenters. The Morgan fingerprint density at radius 1 is 1.22 bits per heavy atom. The van der Waals surface area contributed by atoms with Crippen molar-refractivity contribution in [3.8, 4) is 11.1 Å². The molecule has 0 saturated carbocycles.